The number of rotatable bonds is 2. The van der Waals surface area contributed by atoms with E-state index in [1.54, 1.807) is 5.57 Å². The summed E-state index contributed by atoms with van der Waals surface area (Å²) in [5, 5.41) is 0. The van der Waals surface area contributed by atoms with Crippen molar-refractivity contribution in [3.05, 3.63) is 47.5 Å². The van der Waals surface area contributed by atoms with E-state index in [2.05, 4.69) is 50.3 Å². The molecular formula is C15H20. The minimum atomic E-state index is 0.696. The van der Waals surface area contributed by atoms with E-state index in [1.165, 1.54) is 24.8 Å². The Labute approximate surface area is 93.0 Å². The topological polar surface area (TPSA) is 0 Å². The predicted molar refractivity (Wildman–Crippen MR) is 66.0 cm³/mol. The van der Waals surface area contributed by atoms with Crippen molar-refractivity contribution < 1.29 is 0 Å². The maximum absolute atomic E-state index is 2.44. The van der Waals surface area contributed by atoms with E-state index in [9.17, 15) is 0 Å². The minimum absolute atomic E-state index is 0.696. The first-order chi connectivity index (χ1) is 7.33. The van der Waals surface area contributed by atoms with Crippen LogP contribution in [-0.2, 0) is 0 Å². The molecule has 2 rings (SSSR count). The zero-order valence-electron chi connectivity index (χ0n) is 9.74. The van der Waals surface area contributed by atoms with Gasteiger partial charge in [0.2, 0.25) is 0 Å². The van der Waals surface area contributed by atoms with Crippen LogP contribution in [0.3, 0.4) is 0 Å². The van der Waals surface area contributed by atoms with Gasteiger partial charge in [0, 0.05) is 5.92 Å². The summed E-state index contributed by atoms with van der Waals surface area (Å²) in [7, 11) is 0. The van der Waals surface area contributed by atoms with E-state index in [1.807, 2.05) is 0 Å². The van der Waals surface area contributed by atoms with Crippen LogP contribution in [0.1, 0.15) is 44.6 Å². The maximum atomic E-state index is 2.44. The highest BCUT2D eigenvalue weighted by Gasteiger charge is 2.27. The summed E-state index contributed by atoms with van der Waals surface area (Å²) in [4.78, 5) is 0. The molecule has 0 amide bonds. The van der Waals surface area contributed by atoms with Crippen molar-refractivity contribution in [1.29, 1.82) is 0 Å². The van der Waals surface area contributed by atoms with Gasteiger partial charge in [-0.3, -0.25) is 0 Å². The second-order valence-electron chi connectivity index (χ2n) is 4.55. The van der Waals surface area contributed by atoms with Crippen molar-refractivity contribution >= 4 is 0 Å². The first-order valence-electron chi connectivity index (χ1n) is 6.07. The molecule has 1 fully saturated rings. The molecule has 0 heterocycles. The molecule has 0 aromatic heterocycles. The van der Waals surface area contributed by atoms with Gasteiger partial charge in [-0.15, -0.1) is 0 Å². The molecule has 80 valence electrons. The number of benzene rings is 1. The lowest BCUT2D eigenvalue weighted by atomic mass is 9.90. The molecule has 2 atom stereocenters. The predicted octanol–water partition coefficient (Wildman–Crippen LogP) is 4.54. The first kappa shape index (κ1) is 10.5. The van der Waals surface area contributed by atoms with Crippen LogP contribution in [0.2, 0.25) is 0 Å². The van der Waals surface area contributed by atoms with Crippen LogP contribution in [0.25, 0.3) is 0 Å². The van der Waals surface area contributed by atoms with Gasteiger partial charge in [-0.2, -0.15) is 0 Å². The van der Waals surface area contributed by atoms with Gasteiger partial charge in [-0.25, -0.2) is 0 Å². The molecule has 0 nitrogen and oxygen atoms in total. The average molecular weight is 200 g/mol. The van der Waals surface area contributed by atoms with Crippen LogP contribution in [0.5, 0.6) is 0 Å². The van der Waals surface area contributed by atoms with Crippen molar-refractivity contribution in [2.45, 2.75) is 39.0 Å². The van der Waals surface area contributed by atoms with Crippen LogP contribution in [0, 0.1) is 5.92 Å². The fourth-order valence-corrected chi connectivity index (χ4v) is 2.72. The summed E-state index contributed by atoms with van der Waals surface area (Å²) >= 11 is 0. The molecule has 1 aliphatic carbocycles. The van der Waals surface area contributed by atoms with Gasteiger partial charge >= 0.3 is 0 Å². The van der Waals surface area contributed by atoms with Crippen LogP contribution < -0.4 is 0 Å². The molecular weight excluding hydrogens is 180 g/mol. The summed E-state index contributed by atoms with van der Waals surface area (Å²) in [6.45, 7) is 4.60. The summed E-state index contributed by atoms with van der Waals surface area (Å²) in [6, 6.07) is 11.0. The van der Waals surface area contributed by atoms with E-state index in [-0.39, 0.29) is 0 Å². The number of allylic oxidation sites excluding steroid dienone is 2. The Morgan fingerprint density at radius 1 is 1.20 bits per heavy atom. The molecule has 15 heavy (non-hydrogen) atoms. The molecule has 0 heteroatoms. The van der Waals surface area contributed by atoms with Gasteiger partial charge in [-0.1, -0.05) is 55.8 Å². The van der Waals surface area contributed by atoms with Crippen molar-refractivity contribution in [2.75, 3.05) is 0 Å². The molecule has 0 aliphatic heterocycles. The first-order valence-corrected chi connectivity index (χ1v) is 6.07. The average Bonchev–Trinajstić information content (AvgIpc) is 2.63. The van der Waals surface area contributed by atoms with E-state index in [0.29, 0.717) is 5.92 Å². The highest BCUT2D eigenvalue weighted by molar-refractivity contribution is 5.32. The molecule has 1 aromatic rings. The third-order valence-electron chi connectivity index (χ3n) is 3.50. The zero-order chi connectivity index (χ0) is 10.7. The Morgan fingerprint density at radius 2 is 1.93 bits per heavy atom. The van der Waals surface area contributed by atoms with Crippen LogP contribution in [0.4, 0.5) is 0 Å². The fourth-order valence-electron chi connectivity index (χ4n) is 2.72. The molecule has 1 aliphatic rings. The molecule has 2 unspecified atom stereocenters. The fraction of sp³-hybridized carbons (Fsp3) is 0.467. The van der Waals surface area contributed by atoms with Crippen molar-refractivity contribution in [3.63, 3.8) is 0 Å². The standard InChI is InChI=1S/C15H20/c1-3-7-14-12(2)10-11-15(14)13-8-5-4-6-9-13/h4-9,12,15H,3,10-11H2,1-2H3/b14-7-. The molecule has 0 spiro atoms. The molecule has 0 saturated heterocycles. The summed E-state index contributed by atoms with van der Waals surface area (Å²) in [5.74, 6) is 1.48. The smallest absolute Gasteiger partial charge is 0.00510 e. The van der Waals surface area contributed by atoms with Gasteiger partial charge in [0.25, 0.3) is 0 Å². The molecule has 1 saturated carbocycles. The SMILES string of the molecule is CC/C=C1/C(C)CCC1c1ccccc1. The highest BCUT2D eigenvalue weighted by atomic mass is 14.3. The van der Waals surface area contributed by atoms with Crippen LogP contribution in [-0.4, -0.2) is 0 Å². The van der Waals surface area contributed by atoms with E-state index >= 15 is 0 Å². The number of hydrogen-bond donors (Lipinski definition) is 0. The molecule has 0 bridgehead atoms. The Bertz CT molecular complexity index is 334. The van der Waals surface area contributed by atoms with Crippen molar-refractivity contribution in [1.82, 2.24) is 0 Å². The Balaban J connectivity index is 2.27. The Kier molecular flexibility index (Phi) is 3.25. The minimum Gasteiger partial charge on any atom is -0.0847 e. The lowest BCUT2D eigenvalue weighted by Gasteiger charge is -2.14. The van der Waals surface area contributed by atoms with Gasteiger partial charge in [0.1, 0.15) is 0 Å². The van der Waals surface area contributed by atoms with E-state index in [4.69, 9.17) is 0 Å². The van der Waals surface area contributed by atoms with Crippen molar-refractivity contribution in [3.8, 4) is 0 Å². The third-order valence-corrected chi connectivity index (χ3v) is 3.50. The summed E-state index contributed by atoms with van der Waals surface area (Å²) in [5.41, 5.74) is 3.17. The van der Waals surface area contributed by atoms with Crippen LogP contribution in [0.15, 0.2) is 42.0 Å². The largest absolute Gasteiger partial charge is 0.0847 e. The molecule has 0 N–H and O–H groups in total. The van der Waals surface area contributed by atoms with E-state index in [0.717, 1.165) is 5.92 Å². The highest BCUT2D eigenvalue weighted by Crippen LogP contribution is 2.42. The van der Waals surface area contributed by atoms with Gasteiger partial charge in [-0.05, 0) is 30.7 Å². The van der Waals surface area contributed by atoms with Crippen LogP contribution >= 0.6 is 0 Å². The lowest BCUT2D eigenvalue weighted by molar-refractivity contribution is 0.691. The lowest BCUT2D eigenvalue weighted by Crippen LogP contribution is -1.98. The summed E-state index contributed by atoms with van der Waals surface area (Å²) < 4.78 is 0. The number of hydrogen-bond acceptors (Lipinski definition) is 0. The van der Waals surface area contributed by atoms with Gasteiger partial charge < -0.3 is 0 Å². The Hall–Kier alpha value is -1.04. The molecule has 1 aromatic carbocycles. The molecule has 0 radical (unpaired) electrons. The monoisotopic (exact) mass is 200 g/mol. The summed E-state index contributed by atoms with van der Waals surface area (Å²) in [6.07, 6.45) is 6.29. The second-order valence-corrected chi connectivity index (χ2v) is 4.55. The quantitative estimate of drug-likeness (QED) is 0.615. The maximum Gasteiger partial charge on any atom is 0.00510 e. The second kappa shape index (κ2) is 4.65. The zero-order valence-corrected chi connectivity index (χ0v) is 9.74. The van der Waals surface area contributed by atoms with Gasteiger partial charge in [0.05, 0.1) is 0 Å². The normalized spacial score (nSPS) is 28.5. The third kappa shape index (κ3) is 2.14. The van der Waals surface area contributed by atoms with Crippen molar-refractivity contribution in [2.24, 2.45) is 5.92 Å². The Morgan fingerprint density at radius 3 is 2.60 bits per heavy atom. The van der Waals surface area contributed by atoms with Gasteiger partial charge in [0.15, 0.2) is 0 Å². The van der Waals surface area contributed by atoms with E-state index < -0.39 is 0 Å².